The molecule has 0 unspecified atom stereocenters. The fraction of sp³-hybridized carbons (Fsp3) is 0.286. The van der Waals surface area contributed by atoms with Crippen LogP contribution in [-0.4, -0.2) is 16.7 Å². The molecule has 0 spiro atoms. The van der Waals surface area contributed by atoms with Gasteiger partial charge < -0.3 is 9.47 Å². The average Bonchev–Trinajstić information content (AvgIpc) is 2.26. The van der Waals surface area contributed by atoms with Crippen molar-refractivity contribution in [3.8, 4) is 5.75 Å². The van der Waals surface area contributed by atoms with Crippen molar-refractivity contribution in [2.24, 2.45) is 0 Å². The lowest BCUT2D eigenvalue weighted by Crippen LogP contribution is -2.25. The van der Waals surface area contributed by atoms with Gasteiger partial charge in [0.05, 0.1) is 5.52 Å². The number of hydrogen-bond donors (Lipinski definition) is 0. The van der Waals surface area contributed by atoms with Crippen LogP contribution in [0.5, 0.6) is 5.75 Å². The molecule has 1 aromatic heterocycles. The predicted molar refractivity (Wildman–Crippen MR) is 76.3 cm³/mol. The second kappa shape index (κ2) is 5.17. The highest BCUT2D eigenvalue weighted by atomic mass is 79.9. The second-order valence-corrected chi connectivity index (χ2v) is 5.99. The first-order valence-electron chi connectivity index (χ1n) is 5.80. The van der Waals surface area contributed by atoms with E-state index >= 15 is 0 Å². The number of nitrogens with zero attached hydrogens (tertiary/aromatic N) is 1. The van der Waals surface area contributed by atoms with Crippen molar-refractivity contribution in [1.82, 2.24) is 4.98 Å². The molecule has 0 radical (unpaired) electrons. The van der Waals surface area contributed by atoms with Crippen LogP contribution in [0.4, 0.5) is 4.79 Å². The predicted octanol–water partition coefficient (Wildman–Crippen LogP) is 4.31. The molecule has 0 N–H and O–H groups in total. The lowest BCUT2D eigenvalue weighted by atomic mass is 10.2. The highest BCUT2D eigenvalue weighted by molar-refractivity contribution is 9.10. The van der Waals surface area contributed by atoms with Crippen molar-refractivity contribution in [2.45, 2.75) is 26.4 Å². The molecule has 2 aromatic rings. The number of halogens is 1. The minimum Gasteiger partial charge on any atom is -0.428 e. The fourth-order valence-electron chi connectivity index (χ4n) is 1.50. The third-order valence-corrected chi connectivity index (χ3v) is 2.65. The molecule has 4 nitrogen and oxygen atoms in total. The smallest absolute Gasteiger partial charge is 0.428 e. The van der Waals surface area contributed by atoms with Crippen LogP contribution in [0, 0.1) is 0 Å². The fourth-order valence-corrected chi connectivity index (χ4v) is 1.85. The van der Waals surface area contributed by atoms with Crippen molar-refractivity contribution in [3.05, 3.63) is 34.9 Å². The van der Waals surface area contributed by atoms with Crippen LogP contribution < -0.4 is 4.74 Å². The van der Waals surface area contributed by atoms with Crippen molar-refractivity contribution >= 4 is 33.0 Å². The number of rotatable bonds is 1. The van der Waals surface area contributed by atoms with E-state index in [9.17, 15) is 4.79 Å². The van der Waals surface area contributed by atoms with Gasteiger partial charge >= 0.3 is 6.16 Å². The molecule has 0 aliphatic rings. The minimum atomic E-state index is -0.719. The summed E-state index contributed by atoms with van der Waals surface area (Å²) in [7, 11) is 0. The molecule has 0 saturated carbocycles. The van der Waals surface area contributed by atoms with Gasteiger partial charge in [-0.1, -0.05) is 0 Å². The van der Waals surface area contributed by atoms with Crippen molar-refractivity contribution < 1.29 is 14.3 Å². The van der Waals surface area contributed by atoms with Crippen LogP contribution >= 0.6 is 15.9 Å². The van der Waals surface area contributed by atoms with Crippen LogP contribution in [0.3, 0.4) is 0 Å². The third kappa shape index (κ3) is 3.92. The number of fused-ring (bicyclic) bond motifs is 1. The van der Waals surface area contributed by atoms with Gasteiger partial charge in [-0.2, -0.15) is 0 Å². The summed E-state index contributed by atoms with van der Waals surface area (Å²) in [6.45, 7) is 5.36. The van der Waals surface area contributed by atoms with E-state index in [1.54, 1.807) is 39.1 Å². The monoisotopic (exact) mass is 323 g/mol. The topological polar surface area (TPSA) is 48.4 Å². The molecule has 100 valence electrons. The molecule has 2 rings (SSSR count). The van der Waals surface area contributed by atoms with E-state index in [0.29, 0.717) is 5.75 Å². The van der Waals surface area contributed by atoms with Gasteiger partial charge in [0.2, 0.25) is 0 Å². The maximum absolute atomic E-state index is 11.5. The zero-order valence-electron chi connectivity index (χ0n) is 10.9. The van der Waals surface area contributed by atoms with Gasteiger partial charge in [0.25, 0.3) is 0 Å². The Balaban J connectivity index is 2.18. The first-order chi connectivity index (χ1) is 8.83. The minimum absolute atomic E-state index is 0.413. The van der Waals surface area contributed by atoms with Gasteiger partial charge in [-0.3, -0.25) is 4.98 Å². The number of ether oxygens (including phenoxy) is 2. The summed E-state index contributed by atoms with van der Waals surface area (Å²) >= 11 is 3.36. The van der Waals surface area contributed by atoms with Crippen LogP contribution in [-0.2, 0) is 4.74 Å². The molecule has 0 atom stereocenters. The molecule has 19 heavy (non-hydrogen) atoms. The van der Waals surface area contributed by atoms with Gasteiger partial charge in [0.15, 0.2) is 0 Å². The van der Waals surface area contributed by atoms with Crippen molar-refractivity contribution in [3.63, 3.8) is 0 Å². The quantitative estimate of drug-likeness (QED) is 0.579. The number of hydrogen-bond acceptors (Lipinski definition) is 4. The number of pyridine rings is 1. The van der Waals surface area contributed by atoms with Gasteiger partial charge in [-0.15, -0.1) is 0 Å². The molecule has 0 aliphatic carbocycles. The summed E-state index contributed by atoms with van der Waals surface area (Å²) < 4.78 is 11.1. The molecular formula is C14H14BrNO3. The Morgan fingerprint density at radius 1 is 1.26 bits per heavy atom. The standard InChI is InChI=1S/C14H14BrNO3/c1-14(2,3)19-13(17)18-11-5-4-9-6-10(15)8-16-12(9)7-11/h4-8H,1-3H3. The molecular weight excluding hydrogens is 310 g/mol. The maximum atomic E-state index is 11.5. The largest absolute Gasteiger partial charge is 0.514 e. The molecule has 0 amide bonds. The molecule has 0 aliphatic heterocycles. The van der Waals surface area contributed by atoms with E-state index in [1.165, 1.54) is 0 Å². The molecule has 0 saturated heterocycles. The highest BCUT2D eigenvalue weighted by Crippen LogP contribution is 2.22. The summed E-state index contributed by atoms with van der Waals surface area (Å²) in [6, 6.07) is 7.19. The zero-order chi connectivity index (χ0) is 14.0. The number of carbonyl (C=O) groups is 1. The third-order valence-electron chi connectivity index (χ3n) is 2.21. The molecule has 1 aromatic carbocycles. The number of benzene rings is 1. The molecule has 1 heterocycles. The van der Waals surface area contributed by atoms with E-state index in [2.05, 4.69) is 20.9 Å². The van der Waals surface area contributed by atoms with Gasteiger partial charge in [-0.05, 0) is 54.9 Å². The Morgan fingerprint density at radius 2 is 2.00 bits per heavy atom. The summed E-state index contributed by atoms with van der Waals surface area (Å²) in [4.78, 5) is 15.8. The summed E-state index contributed by atoms with van der Waals surface area (Å²) in [6.07, 6.45) is 0.975. The second-order valence-electron chi connectivity index (χ2n) is 5.07. The van der Waals surface area contributed by atoms with E-state index in [1.807, 2.05) is 12.1 Å². The van der Waals surface area contributed by atoms with E-state index < -0.39 is 11.8 Å². The van der Waals surface area contributed by atoms with Crippen LogP contribution in [0.25, 0.3) is 10.9 Å². The zero-order valence-corrected chi connectivity index (χ0v) is 12.5. The van der Waals surface area contributed by atoms with Gasteiger partial charge in [0, 0.05) is 22.1 Å². The Hall–Kier alpha value is -1.62. The lowest BCUT2D eigenvalue weighted by Gasteiger charge is -2.18. The first kappa shape index (κ1) is 13.8. The summed E-state index contributed by atoms with van der Waals surface area (Å²) in [5, 5.41) is 0.964. The van der Waals surface area contributed by atoms with Gasteiger partial charge in [-0.25, -0.2) is 4.79 Å². The average molecular weight is 324 g/mol. The van der Waals surface area contributed by atoms with Crippen LogP contribution in [0.15, 0.2) is 34.9 Å². The van der Waals surface area contributed by atoms with E-state index in [-0.39, 0.29) is 0 Å². The highest BCUT2D eigenvalue weighted by Gasteiger charge is 2.18. The van der Waals surface area contributed by atoms with Crippen LogP contribution in [0.2, 0.25) is 0 Å². The van der Waals surface area contributed by atoms with Crippen molar-refractivity contribution in [1.29, 1.82) is 0 Å². The summed E-state index contributed by atoms with van der Waals surface area (Å²) in [5.74, 6) is 0.413. The maximum Gasteiger partial charge on any atom is 0.514 e. The number of carbonyl (C=O) groups excluding carboxylic acids is 1. The van der Waals surface area contributed by atoms with Crippen molar-refractivity contribution in [2.75, 3.05) is 0 Å². The van der Waals surface area contributed by atoms with Crippen LogP contribution in [0.1, 0.15) is 20.8 Å². The molecule has 0 bridgehead atoms. The molecule has 5 heteroatoms. The van der Waals surface area contributed by atoms with Gasteiger partial charge in [0.1, 0.15) is 11.4 Å². The number of aromatic nitrogens is 1. The lowest BCUT2D eigenvalue weighted by molar-refractivity contribution is 0.0206. The molecule has 0 fully saturated rings. The van der Waals surface area contributed by atoms with E-state index in [4.69, 9.17) is 9.47 Å². The Kier molecular flexibility index (Phi) is 3.75. The SMILES string of the molecule is CC(C)(C)OC(=O)Oc1ccc2cc(Br)cnc2c1. The van der Waals surface area contributed by atoms with E-state index in [0.717, 1.165) is 15.4 Å². The first-order valence-corrected chi connectivity index (χ1v) is 6.59. The Morgan fingerprint density at radius 3 is 2.68 bits per heavy atom. The normalized spacial score (nSPS) is 11.4. The summed E-state index contributed by atoms with van der Waals surface area (Å²) in [5.41, 5.74) is 0.182. The Bertz CT molecular complexity index is 620. The Labute approximate surface area is 119 Å².